The van der Waals surface area contributed by atoms with Crippen molar-refractivity contribution in [1.82, 2.24) is 0 Å². The summed E-state index contributed by atoms with van der Waals surface area (Å²) < 4.78 is 0. The normalized spacial score (nSPS) is 45.5. The van der Waals surface area contributed by atoms with Crippen LogP contribution in [0.4, 0.5) is 0 Å². The minimum Gasteiger partial charge on any atom is -0.388 e. The van der Waals surface area contributed by atoms with Crippen molar-refractivity contribution < 1.29 is 20.4 Å². The van der Waals surface area contributed by atoms with Gasteiger partial charge in [0.25, 0.3) is 0 Å². The largest absolute Gasteiger partial charge is 0.388 e. The molecule has 0 spiro atoms. The van der Waals surface area contributed by atoms with Crippen molar-refractivity contribution in [3.05, 3.63) is 0 Å². The number of aliphatic imine (C=N–C) groups is 1. The number of aliphatic hydroxyl groups is 4. The van der Waals surface area contributed by atoms with E-state index in [1.165, 1.54) is 0 Å². The third kappa shape index (κ3) is 1.75. The molecule has 0 aromatic rings. The third-order valence-electron chi connectivity index (χ3n) is 1.64. The molecule has 0 bridgehead atoms. The highest BCUT2D eigenvalue weighted by molar-refractivity contribution is 5.64. The summed E-state index contributed by atoms with van der Waals surface area (Å²) in [5.74, 6) is 0. The molecule has 0 saturated heterocycles. The Hall–Kier alpha value is -0.490. The molecule has 1 aliphatic rings. The first-order valence-electron chi connectivity index (χ1n) is 3.35. The van der Waals surface area contributed by atoms with Crippen LogP contribution in [0.3, 0.4) is 0 Å². The van der Waals surface area contributed by atoms with Gasteiger partial charge < -0.3 is 20.4 Å². The van der Waals surface area contributed by atoms with Crippen LogP contribution in [-0.4, -0.2) is 57.6 Å². The monoisotopic (exact) mass is 161 g/mol. The minimum atomic E-state index is -1.35. The second-order valence-corrected chi connectivity index (χ2v) is 2.55. The van der Waals surface area contributed by atoms with E-state index in [1.54, 1.807) is 0 Å². The fraction of sp³-hybridized carbons (Fsp3) is 0.833. The van der Waals surface area contributed by atoms with Gasteiger partial charge in [-0.25, -0.2) is 0 Å². The van der Waals surface area contributed by atoms with Gasteiger partial charge in [0.2, 0.25) is 0 Å². The van der Waals surface area contributed by atoms with Gasteiger partial charge in [0.15, 0.2) is 0 Å². The van der Waals surface area contributed by atoms with Gasteiger partial charge in [0, 0.05) is 6.21 Å². The van der Waals surface area contributed by atoms with Crippen LogP contribution >= 0.6 is 0 Å². The van der Waals surface area contributed by atoms with Gasteiger partial charge in [0.05, 0.1) is 6.54 Å². The maximum Gasteiger partial charge on any atom is 0.117 e. The summed E-state index contributed by atoms with van der Waals surface area (Å²) in [5.41, 5.74) is 0. The molecule has 0 saturated carbocycles. The van der Waals surface area contributed by atoms with Gasteiger partial charge in [0.1, 0.15) is 24.4 Å². The summed E-state index contributed by atoms with van der Waals surface area (Å²) in [6.07, 6.45) is -3.85. The van der Waals surface area contributed by atoms with Crippen molar-refractivity contribution in [1.29, 1.82) is 0 Å². The second kappa shape index (κ2) is 3.27. The maximum atomic E-state index is 9.06. The quantitative estimate of drug-likeness (QED) is 0.316. The summed E-state index contributed by atoms with van der Waals surface area (Å²) in [7, 11) is 0. The van der Waals surface area contributed by atoms with Crippen LogP contribution in [0.5, 0.6) is 0 Å². The number of aliphatic hydroxyl groups excluding tert-OH is 4. The third-order valence-corrected chi connectivity index (χ3v) is 1.64. The topological polar surface area (TPSA) is 93.3 Å². The first kappa shape index (κ1) is 8.61. The lowest BCUT2D eigenvalue weighted by atomic mass is 10.1. The van der Waals surface area contributed by atoms with Crippen LogP contribution in [0, 0.1) is 0 Å². The average Bonchev–Trinajstić information content (AvgIpc) is 2.07. The number of hydrogen-bond donors (Lipinski definition) is 4. The van der Waals surface area contributed by atoms with E-state index in [-0.39, 0.29) is 6.54 Å². The van der Waals surface area contributed by atoms with E-state index in [1.807, 2.05) is 0 Å². The number of hydrogen-bond acceptors (Lipinski definition) is 5. The average molecular weight is 161 g/mol. The van der Waals surface area contributed by atoms with Crippen molar-refractivity contribution >= 4 is 6.21 Å². The minimum absolute atomic E-state index is 0.00921. The van der Waals surface area contributed by atoms with Gasteiger partial charge >= 0.3 is 0 Å². The molecule has 1 aliphatic heterocycles. The first-order chi connectivity index (χ1) is 5.13. The Morgan fingerprint density at radius 2 is 1.73 bits per heavy atom. The van der Waals surface area contributed by atoms with Crippen molar-refractivity contribution in [3.8, 4) is 0 Å². The Bertz CT molecular complexity index is 161. The van der Waals surface area contributed by atoms with Crippen LogP contribution < -0.4 is 0 Å². The van der Waals surface area contributed by atoms with E-state index < -0.39 is 24.4 Å². The molecule has 5 heteroatoms. The van der Waals surface area contributed by atoms with Crippen molar-refractivity contribution in [2.45, 2.75) is 24.4 Å². The molecule has 11 heavy (non-hydrogen) atoms. The molecule has 4 N–H and O–H groups in total. The van der Waals surface area contributed by atoms with E-state index in [0.717, 1.165) is 6.21 Å². The molecule has 0 aromatic heterocycles. The van der Waals surface area contributed by atoms with Crippen LogP contribution in [0.15, 0.2) is 4.99 Å². The predicted molar refractivity (Wildman–Crippen MR) is 37.4 cm³/mol. The van der Waals surface area contributed by atoms with E-state index in [2.05, 4.69) is 4.99 Å². The smallest absolute Gasteiger partial charge is 0.117 e. The molecule has 0 amide bonds. The maximum absolute atomic E-state index is 9.06. The van der Waals surface area contributed by atoms with E-state index in [4.69, 9.17) is 20.4 Å². The highest BCUT2D eigenvalue weighted by Crippen LogP contribution is 2.07. The van der Waals surface area contributed by atoms with Crippen molar-refractivity contribution in [3.63, 3.8) is 0 Å². The second-order valence-electron chi connectivity index (χ2n) is 2.55. The van der Waals surface area contributed by atoms with Gasteiger partial charge in [-0.1, -0.05) is 0 Å². The summed E-state index contributed by atoms with van der Waals surface area (Å²) in [6, 6.07) is 0. The van der Waals surface area contributed by atoms with E-state index in [0.29, 0.717) is 0 Å². The summed E-state index contributed by atoms with van der Waals surface area (Å²) in [5, 5.41) is 36.1. The van der Waals surface area contributed by atoms with Gasteiger partial charge in [-0.05, 0) is 0 Å². The van der Waals surface area contributed by atoms with Crippen LogP contribution in [-0.2, 0) is 0 Å². The molecule has 1 rings (SSSR count). The summed E-state index contributed by atoms with van der Waals surface area (Å²) >= 11 is 0. The Balaban J connectivity index is 2.68. The number of rotatable bonds is 0. The lowest BCUT2D eigenvalue weighted by molar-refractivity contribution is -0.0809. The van der Waals surface area contributed by atoms with Gasteiger partial charge in [-0.15, -0.1) is 0 Å². The molecule has 0 unspecified atom stereocenters. The van der Waals surface area contributed by atoms with Gasteiger partial charge in [-0.2, -0.15) is 0 Å². The predicted octanol–water partition coefficient (Wildman–Crippen LogP) is -2.49. The highest BCUT2D eigenvalue weighted by Gasteiger charge is 2.31. The molecular weight excluding hydrogens is 150 g/mol. The van der Waals surface area contributed by atoms with Gasteiger partial charge in [-0.3, -0.25) is 4.99 Å². The van der Waals surface area contributed by atoms with Crippen molar-refractivity contribution in [2.24, 2.45) is 4.99 Å². The van der Waals surface area contributed by atoms with E-state index in [9.17, 15) is 0 Å². The highest BCUT2D eigenvalue weighted by atomic mass is 16.4. The molecule has 0 radical (unpaired) electrons. The first-order valence-corrected chi connectivity index (χ1v) is 3.35. The molecule has 0 aromatic carbocycles. The Kier molecular flexibility index (Phi) is 2.56. The summed E-state index contributed by atoms with van der Waals surface area (Å²) in [6.45, 7) is 0.00921. The number of nitrogens with zero attached hydrogens (tertiary/aromatic N) is 1. The lowest BCUT2D eigenvalue weighted by Gasteiger charge is -2.20. The molecule has 5 nitrogen and oxygen atoms in total. The van der Waals surface area contributed by atoms with E-state index >= 15 is 0 Å². The molecule has 1 heterocycles. The molecule has 0 fully saturated rings. The van der Waals surface area contributed by atoms with Crippen molar-refractivity contribution in [2.75, 3.05) is 6.54 Å². The van der Waals surface area contributed by atoms with Crippen LogP contribution in [0.2, 0.25) is 0 Å². The Morgan fingerprint density at radius 3 is 2.36 bits per heavy atom. The van der Waals surface area contributed by atoms with Crippen LogP contribution in [0.25, 0.3) is 0 Å². The zero-order chi connectivity index (χ0) is 8.43. The zero-order valence-electron chi connectivity index (χ0n) is 5.83. The molecule has 4 atom stereocenters. The zero-order valence-corrected chi connectivity index (χ0v) is 5.83. The summed E-state index contributed by atoms with van der Waals surface area (Å²) in [4.78, 5) is 3.59. The Morgan fingerprint density at radius 1 is 1.09 bits per heavy atom. The molecule has 64 valence electrons. The lowest BCUT2D eigenvalue weighted by Crippen LogP contribution is -2.44. The Labute approximate surface area is 63.6 Å². The fourth-order valence-corrected chi connectivity index (χ4v) is 0.903. The fourth-order valence-electron chi connectivity index (χ4n) is 0.903. The SMILES string of the molecule is O[C@H]1[C@H](O)[C@@H](O)CN=C[C@@H]1O. The molecular formula is C6H11NO4. The molecule has 0 aliphatic carbocycles. The van der Waals surface area contributed by atoms with Crippen LogP contribution in [0.1, 0.15) is 0 Å². The standard InChI is InChI=1S/C6H11NO4/c8-3-1-7-2-4(9)6(11)5(3)10/h1,3-6,8-11H,2H2/t3-,4-,5+,6+/m0/s1.